The summed E-state index contributed by atoms with van der Waals surface area (Å²) in [6.45, 7) is 4.57. The van der Waals surface area contributed by atoms with E-state index in [2.05, 4.69) is 19.2 Å². The number of carboxylic acid groups (broad SMARTS) is 1. The van der Waals surface area contributed by atoms with E-state index in [1.807, 2.05) is 0 Å². The lowest BCUT2D eigenvalue weighted by atomic mass is 9.73. The van der Waals surface area contributed by atoms with Gasteiger partial charge in [-0.25, -0.2) is 0 Å². The van der Waals surface area contributed by atoms with Crippen molar-refractivity contribution in [3.05, 3.63) is 0 Å². The molecule has 0 spiro atoms. The molecule has 0 aromatic carbocycles. The van der Waals surface area contributed by atoms with Crippen LogP contribution in [-0.4, -0.2) is 23.5 Å². The lowest BCUT2D eigenvalue weighted by Crippen LogP contribution is -2.47. The van der Waals surface area contributed by atoms with Crippen LogP contribution in [0.15, 0.2) is 0 Å². The van der Waals surface area contributed by atoms with Gasteiger partial charge in [0, 0.05) is 12.5 Å². The number of carboxylic acids is 1. The molecule has 0 radical (unpaired) electrons. The zero-order valence-electron chi connectivity index (χ0n) is 12.7. The fourth-order valence-electron chi connectivity index (χ4n) is 3.89. The van der Waals surface area contributed by atoms with Crippen molar-refractivity contribution < 1.29 is 14.7 Å². The molecular formula is C16H27NO3. The lowest BCUT2D eigenvalue weighted by Gasteiger charge is -2.34. The molecular weight excluding hydrogens is 254 g/mol. The molecule has 114 valence electrons. The first-order chi connectivity index (χ1) is 9.37. The van der Waals surface area contributed by atoms with Gasteiger partial charge >= 0.3 is 5.97 Å². The van der Waals surface area contributed by atoms with Crippen molar-refractivity contribution in [3.63, 3.8) is 0 Å². The third-order valence-corrected chi connectivity index (χ3v) is 5.44. The van der Waals surface area contributed by atoms with Crippen LogP contribution in [-0.2, 0) is 9.59 Å². The van der Waals surface area contributed by atoms with E-state index in [4.69, 9.17) is 0 Å². The van der Waals surface area contributed by atoms with E-state index in [0.29, 0.717) is 19.4 Å². The van der Waals surface area contributed by atoms with Gasteiger partial charge in [0.05, 0.1) is 5.41 Å². The molecule has 4 nitrogen and oxygen atoms in total. The number of carbonyl (C=O) groups excluding carboxylic acids is 1. The molecule has 20 heavy (non-hydrogen) atoms. The number of rotatable bonds is 4. The first-order valence-corrected chi connectivity index (χ1v) is 7.89. The van der Waals surface area contributed by atoms with Crippen molar-refractivity contribution in [2.24, 2.45) is 16.7 Å². The summed E-state index contributed by atoms with van der Waals surface area (Å²) < 4.78 is 0. The van der Waals surface area contributed by atoms with Crippen LogP contribution in [0.2, 0.25) is 0 Å². The first kappa shape index (κ1) is 15.3. The smallest absolute Gasteiger partial charge is 0.311 e. The largest absolute Gasteiger partial charge is 0.481 e. The maximum atomic E-state index is 12.4. The molecule has 0 heterocycles. The molecule has 0 aromatic heterocycles. The van der Waals surface area contributed by atoms with Gasteiger partial charge in [-0.2, -0.15) is 0 Å². The van der Waals surface area contributed by atoms with Crippen LogP contribution in [0.4, 0.5) is 0 Å². The Labute approximate surface area is 121 Å². The predicted octanol–water partition coefficient (Wildman–Crippen LogP) is 2.96. The SMILES string of the molecule is CC1(C)CCCC1C(=O)NCC1(C(=O)O)CCCCC1. The van der Waals surface area contributed by atoms with Crippen LogP contribution in [0.25, 0.3) is 0 Å². The van der Waals surface area contributed by atoms with Gasteiger partial charge in [0.15, 0.2) is 0 Å². The molecule has 2 N–H and O–H groups in total. The fourth-order valence-corrected chi connectivity index (χ4v) is 3.89. The van der Waals surface area contributed by atoms with Crippen molar-refractivity contribution in [3.8, 4) is 0 Å². The van der Waals surface area contributed by atoms with Crippen LogP contribution in [0.5, 0.6) is 0 Å². The lowest BCUT2D eigenvalue weighted by molar-refractivity contribution is -0.151. The van der Waals surface area contributed by atoms with Crippen LogP contribution in [0.1, 0.15) is 65.2 Å². The summed E-state index contributed by atoms with van der Waals surface area (Å²) in [5, 5.41) is 12.5. The highest BCUT2D eigenvalue weighted by Gasteiger charge is 2.43. The van der Waals surface area contributed by atoms with Gasteiger partial charge in [-0.1, -0.05) is 39.5 Å². The van der Waals surface area contributed by atoms with Crippen molar-refractivity contribution >= 4 is 11.9 Å². The molecule has 0 bridgehead atoms. The van der Waals surface area contributed by atoms with E-state index in [-0.39, 0.29) is 17.2 Å². The highest BCUT2D eigenvalue weighted by atomic mass is 16.4. The zero-order chi connectivity index (χ0) is 14.8. The minimum atomic E-state index is -0.747. The molecule has 2 fully saturated rings. The summed E-state index contributed by atoms with van der Waals surface area (Å²) >= 11 is 0. The van der Waals surface area contributed by atoms with E-state index in [9.17, 15) is 14.7 Å². The summed E-state index contributed by atoms with van der Waals surface area (Å²) in [5.74, 6) is -0.654. The number of amides is 1. The Kier molecular flexibility index (Phi) is 4.40. The molecule has 1 atom stereocenters. The Morgan fingerprint density at radius 2 is 1.75 bits per heavy atom. The molecule has 1 unspecified atom stereocenters. The molecule has 0 aromatic rings. The van der Waals surface area contributed by atoms with Crippen molar-refractivity contribution in [2.75, 3.05) is 6.54 Å². The number of nitrogens with one attached hydrogen (secondary N) is 1. The summed E-state index contributed by atoms with van der Waals surface area (Å²) in [6, 6.07) is 0. The Morgan fingerprint density at radius 3 is 2.25 bits per heavy atom. The zero-order valence-corrected chi connectivity index (χ0v) is 12.7. The van der Waals surface area contributed by atoms with Gasteiger partial charge in [0.2, 0.25) is 5.91 Å². The predicted molar refractivity (Wildman–Crippen MR) is 77.3 cm³/mol. The van der Waals surface area contributed by atoms with E-state index < -0.39 is 11.4 Å². The van der Waals surface area contributed by atoms with Crippen LogP contribution in [0, 0.1) is 16.7 Å². The number of aliphatic carboxylic acids is 1. The van der Waals surface area contributed by atoms with Crippen molar-refractivity contribution in [2.45, 2.75) is 65.2 Å². The number of hydrogen-bond acceptors (Lipinski definition) is 2. The second-order valence-electron chi connectivity index (χ2n) is 7.30. The molecule has 1 amide bonds. The van der Waals surface area contributed by atoms with E-state index in [1.54, 1.807) is 0 Å². The fraction of sp³-hybridized carbons (Fsp3) is 0.875. The first-order valence-electron chi connectivity index (χ1n) is 7.89. The second-order valence-corrected chi connectivity index (χ2v) is 7.30. The number of carbonyl (C=O) groups is 2. The summed E-state index contributed by atoms with van der Waals surface area (Å²) in [4.78, 5) is 24.0. The molecule has 2 saturated carbocycles. The second kappa shape index (κ2) is 5.74. The maximum absolute atomic E-state index is 12.4. The molecule has 4 heteroatoms. The number of hydrogen-bond donors (Lipinski definition) is 2. The summed E-state index contributed by atoms with van der Waals surface area (Å²) in [5.41, 5.74) is -0.677. The van der Waals surface area contributed by atoms with Crippen LogP contribution < -0.4 is 5.32 Å². The summed E-state index contributed by atoms with van der Waals surface area (Å²) in [6.07, 6.45) is 7.50. The van der Waals surface area contributed by atoms with Crippen molar-refractivity contribution in [1.29, 1.82) is 0 Å². The molecule has 2 rings (SSSR count). The van der Waals surface area contributed by atoms with E-state index >= 15 is 0 Å². The average molecular weight is 281 g/mol. The van der Waals surface area contributed by atoms with Crippen LogP contribution in [0.3, 0.4) is 0 Å². The molecule has 2 aliphatic rings. The van der Waals surface area contributed by atoms with Gasteiger partial charge in [-0.3, -0.25) is 9.59 Å². The average Bonchev–Trinajstić information content (AvgIpc) is 2.76. The van der Waals surface area contributed by atoms with E-state index in [0.717, 1.165) is 38.5 Å². The molecule has 2 aliphatic carbocycles. The van der Waals surface area contributed by atoms with Gasteiger partial charge in [0.1, 0.15) is 0 Å². The van der Waals surface area contributed by atoms with Gasteiger partial charge in [-0.15, -0.1) is 0 Å². The van der Waals surface area contributed by atoms with Crippen LogP contribution >= 0.6 is 0 Å². The Morgan fingerprint density at radius 1 is 1.10 bits per heavy atom. The van der Waals surface area contributed by atoms with E-state index in [1.165, 1.54) is 0 Å². The topological polar surface area (TPSA) is 66.4 Å². The minimum Gasteiger partial charge on any atom is -0.481 e. The quantitative estimate of drug-likeness (QED) is 0.832. The van der Waals surface area contributed by atoms with Crippen molar-refractivity contribution in [1.82, 2.24) is 5.32 Å². The molecule has 0 saturated heterocycles. The monoisotopic (exact) mass is 281 g/mol. The maximum Gasteiger partial charge on any atom is 0.311 e. The standard InChI is InChI=1S/C16H27NO3/c1-15(2)8-6-7-12(15)13(18)17-11-16(14(19)20)9-4-3-5-10-16/h12H,3-11H2,1-2H3,(H,17,18)(H,19,20). The Balaban J connectivity index is 1.96. The Bertz CT molecular complexity index is 383. The highest BCUT2D eigenvalue weighted by Crippen LogP contribution is 2.43. The highest BCUT2D eigenvalue weighted by molar-refractivity contribution is 5.81. The third kappa shape index (κ3) is 2.99. The van der Waals surface area contributed by atoms with Gasteiger partial charge in [-0.05, 0) is 31.1 Å². The summed E-state index contributed by atoms with van der Waals surface area (Å²) in [7, 11) is 0. The minimum absolute atomic E-state index is 0.0388. The molecule has 0 aliphatic heterocycles. The Hall–Kier alpha value is -1.06. The normalized spacial score (nSPS) is 28.0. The third-order valence-electron chi connectivity index (χ3n) is 5.44. The van der Waals surface area contributed by atoms with Gasteiger partial charge < -0.3 is 10.4 Å². The van der Waals surface area contributed by atoms with Gasteiger partial charge in [0.25, 0.3) is 0 Å².